The Morgan fingerprint density at radius 2 is 2.12 bits per heavy atom. The van der Waals surface area contributed by atoms with Crippen LogP contribution in [0.15, 0.2) is 35.8 Å². The molecule has 6 nitrogen and oxygen atoms in total. The molecule has 1 N–H and O–H groups in total. The number of piperidine rings is 1. The maximum atomic E-state index is 12.7. The van der Waals surface area contributed by atoms with Gasteiger partial charge < -0.3 is 15.0 Å². The van der Waals surface area contributed by atoms with Gasteiger partial charge in [0.25, 0.3) is 0 Å². The predicted molar refractivity (Wildman–Crippen MR) is 92.0 cm³/mol. The Morgan fingerprint density at radius 3 is 2.75 bits per heavy atom. The van der Waals surface area contributed by atoms with Gasteiger partial charge in [0.2, 0.25) is 11.8 Å². The van der Waals surface area contributed by atoms with Crippen molar-refractivity contribution < 1.29 is 14.3 Å². The van der Waals surface area contributed by atoms with Crippen LogP contribution in [0, 0.1) is 5.92 Å². The van der Waals surface area contributed by atoms with Gasteiger partial charge in [0.1, 0.15) is 5.75 Å². The number of hydrogen-bond acceptors (Lipinski definition) is 5. The standard InChI is InChI=1S/C17H19N3O3S/c1-20-14(21)8-7-13(16(22)19-17-18-9-10-24-17)15(20)11-3-5-12(23-2)6-4-11/h3-6,9-10,13,15H,7-8H2,1-2H3,(H,18,19,22)/t13-,15-/m0/s1. The number of methoxy groups -OCH3 is 1. The molecule has 1 aliphatic heterocycles. The summed E-state index contributed by atoms with van der Waals surface area (Å²) in [6, 6.07) is 7.21. The maximum absolute atomic E-state index is 12.7. The van der Waals surface area contributed by atoms with Crippen LogP contribution in [0.5, 0.6) is 5.75 Å². The average molecular weight is 345 g/mol. The first kappa shape index (κ1) is 16.4. The molecule has 1 fully saturated rings. The third-order valence-electron chi connectivity index (χ3n) is 4.32. The van der Waals surface area contributed by atoms with Crippen molar-refractivity contribution in [1.82, 2.24) is 9.88 Å². The largest absolute Gasteiger partial charge is 0.497 e. The molecule has 2 amide bonds. The van der Waals surface area contributed by atoms with Gasteiger partial charge in [-0.2, -0.15) is 0 Å². The minimum Gasteiger partial charge on any atom is -0.497 e. The summed E-state index contributed by atoms with van der Waals surface area (Å²) in [6.07, 6.45) is 2.55. The molecule has 2 heterocycles. The lowest BCUT2D eigenvalue weighted by atomic mass is 9.84. The summed E-state index contributed by atoms with van der Waals surface area (Å²) in [5.74, 6) is 0.372. The van der Waals surface area contributed by atoms with Crippen LogP contribution in [0.2, 0.25) is 0 Å². The number of nitrogens with zero attached hydrogens (tertiary/aromatic N) is 2. The van der Waals surface area contributed by atoms with Gasteiger partial charge in [-0.05, 0) is 24.1 Å². The first-order valence-electron chi connectivity index (χ1n) is 7.70. The molecular formula is C17H19N3O3S. The number of nitrogens with one attached hydrogen (secondary N) is 1. The second-order valence-corrected chi connectivity index (χ2v) is 6.59. The molecule has 0 aliphatic carbocycles. The fourth-order valence-electron chi connectivity index (χ4n) is 3.05. The molecule has 2 atom stereocenters. The molecule has 0 spiro atoms. The zero-order chi connectivity index (χ0) is 17.1. The number of likely N-dealkylation sites (tertiary alicyclic amines) is 1. The van der Waals surface area contributed by atoms with E-state index in [1.165, 1.54) is 11.3 Å². The summed E-state index contributed by atoms with van der Waals surface area (Å²) in [5.41, 5.74) is 0.922. The van der Waals surface area contributed by atoms with E-state index in [9.17, 15) is 9.59 Å². The van der Waals surface area contributed by atoms with Crippen molar-refractivity contribution in [1.29, 1.82) is 0 Å². The minimum absolute atomic E-state index is 0.0501. The van der Waals surface area contributed by atoms with Gasteiger partial charge in [0, 0.05) is 25.0 Å². The number of anilines is 1. The van der Waals surface area contributed by atoms with Crippen molar-refractivity contribution in [2.24, 2.45) is 5.92 Å². The normalized spacial score (nSPS) is 20.8. The molecule has 1 aromatic heterocycles. The van der Waals surface area contributed by atoms with Gasteiger partial charge >= 0.3 is 0 Å². The van der Waals surface area contributed by atoms with Gasteiger partial charge in [-0.25, -0.2) is 4.98 Å². The first-order valence-corrected chi connectivity index (χ1v) is 8.58. The Labute approximate surface area is 144 Å². The van der Waals surface area contributed by atoms with E-state index in [4.69, 9.17) is 4.74 Å². The monoisotopic (exact) mass is 345 g/mol. The molecule has 1 saturated heterocycles. The Kier molecular flexibility index (Phi) is 4.80. The Balaban J connectivity index is 1.87. The molecule has 2 aromatic rings. The number of carbonyl (C=O) groups excluding carboxylic acids is 2. The summed E-state index contributed by atoms with van der Waals surface area (Å²) >= 11 is 1.38. The molecule has 0 bridgehead atoms. The van der Waals surface area contributed by atoms with E-state index < -0.39 is 0 Å². The smallest absolute Gasteiger partial charge is 0.231 e. The molecule has 1 aliphatic rings. The van der Waals surface area contributed by atoms with Crippen LogP contribution in [0.25, 0.3) is 0 Å². The maximum Gasteiger partial charge on any atom is 0.231 e. The molecule has 0 radical (unpaired) electrons. The number of carbonyl (C=O) groups is 2. The molecule has 0 unspecified atom stereocenters. The van der Waals surface area contributed by atoms with E-state index in [0.29, 0.717) is 18.0 Å². The predicted octanol–water partition coefficient (Wildman–Crippen LogP) is 2.70. The fourth-order valence-corrected chi connectivity index (χ4v) is 3.58. The molecular weight excluding hydrogens is 326 g/mol. The number of rotatable bonds is 4. The number of hydrogen-bond donors (Lipinski definition) is 1. The van der Waals surface area contributed by atoms with Crippen molar-refractivity contribution >= 4 is 28.3 Å². The van der Waals surface area contributed by atoms with E-state index in [1.807, 2.05) is 29.6 Å². The molecule has 3 rings (SSSR count). The lowest BCUT2D eigenvalue weighted by molar-refractivity contribution is -0.140. The Morgan fingerprint density at radius 1 is 1.38 bits per heavy atom. The Bertz CT molecular complexity index is 715. The van der Waals surface area contributed by atoms with Gasteiger partial charge in [0.15, 0.2) is 5.13 Å². The first-order chi connectivity index (χ1) is 11.6. The molecule has 7 heteroatoms. The van der Waals surface area contributed by atoms with Crippen LogP contribution in [0.4, 0.5) is 5.13 Å². The van der Waals surface area contributed by atoms with Crippen LogP contribution in [-0.2, 0) is 9.59 Å². The van der Waals surface area contributed by atoms with E-state index in [1.54, 1.807) is 25.3 Å². The van der Waals surface area contributed by atoms with Crippen LogP contribution >= 0.6 is 11.3 Å². The van der Waals surface area contributed by atoms with Crippen molar-refractivity contribution in [3.05, 3.63) is 41.4 Å². The van der Waals surface area contributed by atoms with Crippen LogP contribution in [-0.4, -0.2) is 35.9 Å². The van der Waals surface area contributed by atoms with E-state index in [-0.39, 0.29) is 23.8 Å². The van der Waals surface area contributed by atoms with Crippen LogP contribution in [0.3, 0.4) is 0 Å². The highest BCUT2D eigenvalue weighted by Gasteiger charge is 2.39. The van der Waals surface area contributed by atoms with Crippen molar-refractivity contribution in [2.75, 3.05) is 19.5 Å². The van der Waals surface area contributed by atoms with Gasteiger partial charge in [-0.3, -0.25) is 9.59 Å². The molecule has 24 heavy (non-hydrogen) atoms. The third-order valence-corrected chi connectivity index (χ3v) is 5.01. The molecule has 126 valence electrons. The molecule has 1 aromatic carbocycles. The van der Waals surface area contributed by atoms with Crippen LogP contribution < -0.4 is 10.1 Å². The summed E-state index contributed by atoms with van der Waals surface area (Å²) in [5, 5.41) is 5.24. The van der Waals surface area contributed by atoms with Crippen LogP contribution in [0.1, 0.15) is 24.4 Å². The second-order valence-electron chi connectivity index (χ2n) is 5.69. The van der Waals surface area contributed by atoms with Crippen molar-refractivity contribution in [2.45, 2.75) is 18.9 Å². The zero-order valence-electron chi connectivity index (χ0n) is 13.6. The number of thiazole rings is 1. The molecule has 0 saturated carbocycles. The summed E-state index contributed by atoms with van der Waals surface area (Å²) in [7, 11) is 3.36. The Hall–Kier alpha value is -2.41. The van der Waals surface area contributed by atoms with E-state index >= 15 is 0 Å². The topological polar surface area (TPSA) is 71.5 Å². The lowest BCUT2D eigenvalue weighted by Crippen LogP contribution is -2.44. The zero-order valence-corrected chi connectivity index (χ0v) is 14.4. The fraction of sp³-hybridized carbons (Fsp3) is 0.353. The summed E-state index contributed by atoms with van der Waals surface area (Å²) in [4.78, 5) is 30.6. The van der Waals surface area contributed by atoms with E-state index in [0.717, 1.165) is 11.3 Å². The quantitative estimate of drug-likeness (QED) is 0.925. The number of amides is 2. The number of aromatic nitrogens is 1. The number of ether oxygens (including phenoxy) is 1. The van der Waals surface area contributed by atoms with Crippen molar-refractivity contribution in [3.8, 4) is 5.75 Å². The summed E-state index contributed by atoms with van der Waals surface area (Å²) in [6.45, 7) is 0. The van der Waals surface area contributed by atoms with Crippen molar-refractivity contribution in [3.63, 3.8) is 0 Å². The highest BCUT2D eigenvalue weighted by atomic mass is 32.1. The highest BCUT2D eigenvalue weighted by molar-refractivity contribution is 7.13. The van der Waals surface area contributed by atoms with E-state index in [2.05, 4.69) is 10.3 Å². The van der Waals surface area contributed by atoms with Gasteiger partial charge in [-0.15, -0.1) is 11.3 Å². The SMILES string of the molecule is COc1ccc([C@H]2[C@@H](C(=O)Nc3nccs3)CCC(=O)N2C)cc1. The summed E-state index contributed by atoms with van der Waals surface area (Å²) < 4.78 is 5.18. The average Bonchev–Trinajstić information content (AvgIpc) is 3.10. The second kappa shape index (κ2) is 7.00. The van der Waals surface area contributed by atoms with Gasteiger partial charge in [0.05, 0.1) is 19.1 Å². The highest BCUT2D eigenvalue weighted by Crippen LogP contribution is 2.37. The van der Waals surface area contributed by atoms with Gasteiger partial charge in [-0.1, -0.05) is 12.1 Å². The lowest BCUT2D eigenvalue weighted by Gasteiger charge is -2.38. The number of benzene rings is 1. The minimum atomic E-state index is -0.315. The third kappa shape index (κ3) is 3.26.